The van der Waals surface area contributed by atoms with Crippen LogP contribution in [0.15, 0.2) is 45.3 Å². The fourth-order valence-corrected chi connectivity index (χ4v) is 2.97. The molecule has 25 heavy (non-hydrogen) atoms. The largest absolute Gasteiger partial charge is 0.459 e. The number of benzene rings is 1. The Hall–Kier alpha value is -2.41. The van der Waals surface area contributed by atoms with Crippen LogP contribution in [0.25, 0.3) is 11.3 Å². The van der Waals surface area contributed by atoms with Crippen LogP contribution in [0, 0.1) is 0 Å². The van der Waals surface area contributed by atoms with E-state index in [-0.39, 0.29) is 37.1 Å². The van der Waals surface area contributed by atoms with Crippen molar-refractivity contribution in [2.75, 3.05) is 0 Å². The molecule has 3 rings (SSSR count). The van der Waals surface area contributed by atoms with Gasteiger partial charge in [0.2, 0.25) is 17.7 Å². The van der Waals surface area contributed by atoms with Gasteiger partial charge in [-0.05, 0) is 31.2 Å². The highest BCUT2D eigenvalue weighted by atomic mass is 79.9. The molecule has 2 heterocycles. The molecule has 1 atom stereocenters. The van der Waals surface area contributed by atoms with Crippen molar-refractivity contribution in [3.63, 3.8) is 0 Å². The number of hydrogen-bond donors (Lipinski definition) is 1. The Labute approximate surface area is 153 Å². The number of halogens is 1. The quantitative estimate of drug-likeness (QED) is 0.776. The summed E-state index contributed by atoms with van der Waals surface area (Å²) in [6.45, 7) is 1.74. The molecular formula is C18H17BrN2O4. The molecule has 0 radical (unpaired) electrons. The molecule has 1 N–H and O–H groups in total. The highest BCUT2D eigenvalue weighted by molar-refractivity contribution is 9.10. The van der Waals surface area contributed by atoms with Crippen molar-refractivity contribution in [3.8, 4) is 11.3 Å². The minimum Gasteiger partial charge on any atom is -0.459 e. The third-order valence-electron chi connectivity index (χ3n) is 4.08. The first-order valence-electron chi connectivity index (χ1n) is 7.93. The Morgan fingerprint density at radius 3 is 2.44 bits per heavy atom. The second kappa shape index (κ2) is 7.23. The third kappa shape index (κ3) is 3.82. The first-order valence-corrected chi connectivity index (χ1v) is 8.72. The lowest BCUT2D eigenvalue weighted by Gasteiger charge is -2.21. The summed E-state index contributed by atoms with van der Waals surface area (Å²) in [5.41, 5.74) is 0.933. The lowest BCUT2D eigenvalue weighted by molar-refractivity contribution is -0.146. The average molecular weight is 405 g/mol. The van der Waals surface area contributed by atoms with Crippen molar-refractivity contribution in [3.05, 3.63) is 46.6 Å². The van der Waals surface area contributed by atoms with Gasteiger partial charge >= 0.3 is 0 Å². The topological polar surface area (TPSA) is 79.6 Å². The third-order valence-corrected chi connectivity index (χ3v) is 4.61. The zero-order chi connectivity index (χ0) is 18.0. The zero-order valence-electron chi connectivity index (χ0n) is 13.6. The fourth-order valence-electron chi connectivity index (χ4n) is 2.71. The van der Waals surface area contributed by atoms with Crippen LogP contribution in [0.3, 0.4) is 0 Å². The first-order chi connectivity index (χ1) is 12.0. The van der Waals surface area contributed by atoms with Gasteiger partial charge in [-0.2, -0.15) is 0 Å². The Bertz CT molecular complexity index is 797. The number of carbonyl (C=O) groups excluding carboxylic acids is 3. The average Bonchev–Trinajstić information content (AvgIpc) is 3.19. The standard InChI is InChI=1S/C18H17BrN2O4/c1-11(21-16(22)8-9-17(21)23)18(24)20-10-14-6-7-15(25-14)12-2-4-13(19)5-3-12/h2-7,11H,8-10H2,1H3,(H,20,24)/t11-/m0/s1. The summed E-state index contributed by atoms with van der Waals surface area (Å²) in [7, 11) is 0. The van der Waals surface area contributed by atoms with E-state index in [1.807, 2.05) is 30.3 Å². The summed E-state index contributed by atoms with van der Waals surface area (Å²) in [5.74, 6) is 0.309. The van der Waals surface area contributed by atoms with Crippen LogP contribution in [-0.2, 0) is 20.9 Å². The number of hydrogen-bond acceptors (Lipinski definition) is 4. The van der Waals surface area contributed by atoms with Gasteiger partial charge in [-0.1, -0.05) is 28.1 Å². The van der Waals surface area contributed by atoms with Gasteiger partial charge in [-0.15, -0.1) is 0 Å². The van der Waals surface area contributed by atoms with Gasteiger partial charge in [0.25, 0.3) is 0 Å². The van der Waals surface area contributed by atoms with E-state index < -0.39 is 6.04 Å². The van der Waals surface area contributed by atoms with Gasteiger partial charge in [-0.3, -0.25) is 19.3 Å². The summed E-state index contributed by atoms with van der Waals surface area (Å²) in [6, 6.07) is 10.5. The molecule has 1 fully saturated rings. The van der Waals surface area contributed by atoms with Gasteiger partial charge in [0.15, 0.2) is 0 Å². The molecule has 0 aliphatic carbocycles. The minimum atomic E-state index is -0.816. The van der Waals surface area contributed by atoms with E-state index >= 15 is 0 Å². The zero-order valence-corrected chi connectivity index (χ0v) is 15.2. The minimum absolute atomic E-state index is 0.172. The van der Waals surface area contributed by atoms with Gasteiger partial charge in [0.05, 0.1) is 6.54 Å². The SMILES string of the molecule is C[C@@H](C(=O)NCc1ccc(-c2ccc(Br)cc2)o1)N1C(=O)CCC1=O. The number of rotatable bonds is 5. The number of nitrogens with zero attached hydrogens (tertiary/aromatic N) is 1. The lowest BCUT2D eigenvalue weighted by Crippen LogP contribution is -2.47. The van der Waals surface area contributed by atoms with E-state index in [0.29, 0.717) is 11.5 Å². The normalized spacial score (nSPS) is 15.5. The number of nitrogens with one attached hydrogen (secondary N) is 1. The monoisotopic (exact) mass is 404 g/mol. The fraction of sp³-hybridized carbons (Fsp3) is 0.278. The molecular weight excluding hydrogens is 388 g/mol. The second-order valence-electron chi connectivity index (χ2n) is 5.82. The van der Waals surface area contributed by atoms with Gasteiger partial charge in [0, 0.05) is 22.9 Å². The number of amides is 3. The molecule has 0 saturated carbocycles. The number of likely N-dealkylation sites (tertiary alicyclic amines) is 1. The predicted octanol–water partition coefficient (Wildman–Crippen LogP) is 2.86. The van der Waals surface area contributed by atoms with Gasteiger partial charge < -0.3 is 9.73 Å². The highest BCUT2D eigenvalue weighted by Crippen LogP contribution is 2.24. The van der Waals surface area contributed by atoms with E-state index in [9.17, 15) is 14.4 Å². The Kier molecular flexibility index (Phi) is 5.03. The van der Waals surface area contributed by atoms with Crippen LogP contribution in [-0.4, -0.2) is 28.7 Å². The molecule has 0 unspecified atom stereocenters. The maximum atomic E-state index is 12.2. The van der Waals surface area contributed by atoms with Gasteiger partial charge in [-0.25, -0.2) is 0 Å². The Morgan fingerprint density at radius 1 is 1.16 bits per heavy atom. The molecule has 1 aliphatic heterocycles. The summed E-state index contributed by atoms with van der Waals surface area (Å²) in [6.07, 6.45) is 0.344. The van der Waals surface area contributed by atoms with Crippen molar-refractivity contribution in [2.24, 2.45) is 0 Å². The summed E-state index contributed by atoms with van der Waals surface area (Å²) in [4.78, 5) is 36.6. The van der Waals surface area contributed by atoms with Crippen LogP contribution < -0.4 is 5.32 Å². The van der Waals surface area contributed by atoms with Crippen LogP contribution >= 0.6 is 15.9 Å². The van der Waals surface area contributed by atoms with E-state index in [1.54, 1.807) is 13.0 Å². The van der Waals surface area contributed by atoms with Crippen molar-refractivity contribution in [1.82, 2.24) is 10.2 Å². The van der Waals surface area contributed by atoms with Crippen LogP contribution in [0.4, 0.5) is 0 Å². The highest BCUT2D eigenvalue weighted by Gasteiger charge is 2.35. The van der Waals surface area contributed by atoms with Gasteiger partial charge in [0.1, 0.15) is 17.6 Å². The molecule has 1 aromatic heterocycles. The smallest absolute Gasteiger partial charge is 0.243 e. The number of furan rings is 1. The molecule has 1 saturated heterocycles. The van der Waals surface area contributed by atoms with E-state index in [1.165, 1.54) is 0 Å². The Balaban J connectivity index is 1.60. The molecule has 1 aromatic carbocycles. The van der Waals surface area contributed by atoms with Crippen molar-refractivity contribution in [2.45, 2.75) is 32.4 Å². The molecule has 0 spiro atoms. The maximum absolute atomic E-state index is 12.2. The van der Waals surface area contributed by atoms with Crippen molar-refractivity contribution in [1.29, 1.82) is 0 Å². The van der Waals surface area contributed by atoms with Crippen molar-refractivity contribution < 1.29 is 18.8 Å². The number of carbonyl (C=O) groups is 3. The molecule has 1 aliphatic rings. The van der Waals surface area contributed by atoms with E-state index in [4.69, 9.17) is 4.42 Å². The van der Waals surface area contributed by atoms with Crippen LogP contribution in [0.1, 0.15) is 25.5 Å². The molecule has 0 bridgehead atoms. The summed E-state index contributed by atoms with van der Waals surface area (Å²) < 4.78 is 6.71. The summed E-state index contributed by atoms with van der Waals surface area (Å²) in [5, 5.41) is 2.70. The molecule has 6 nitrogen and oxygen atoms in total. The second-order valence-corrected chi connectivity index (χ2v) is 6.74. The molecule has 130 valence electrons. The lowest BCUT2D eigenvalue weighted by atomic mass is 10.2. The van der Waals surface area contributed by atoms with Crippen molar-refractivity contribution >= 4 is 33.7 Å². The first kappa shape index (κ1) is 17.4. The Morgan fingerprint density at radius 2 is 1.80 bits per heavy atom. The molecule has 2 aromatic rings. The predicted molar refractivity (Wildman–Crippen MR) is 94.2 cm³/mol. The van der Waals surface area contributed by atoms with E-state index in [0.717, 1.165) is 14.9 Å². The maximum Gasteiger partial charge on any atom is 0.243 e. The van der Waals surface area contributed by atoms with E-state index in [2.05, 4.69) is 21.2 Å². The molecule has 3 amide bonds. The van der Waals surface area contributed by atoms with Crippen LogP contribution in [0.2, 0.25) is 0 Å². The number of imide groups is 1. The van der Waals surface area contributed by atoms with Crippen LogP contribution in [0.5, 0.6) is 0 Å². The molecule has 7 heteroatoms. The summed E-state index contributed by atoms with van der Waals surface area (Å²) >= 11 is 3.38.